The number of nitrogens with two attached hydrogens (primary N) is 1. The summed E-state index contributed by atoms with van der Waals surface area (Å²) in [5.74, 6) is 0.212. The molecule has 0 aliphatic heterocycles. The van der Waals surface area contributed by atoms with Gasteiger partial charge >= 0.3 is 0 Å². The topological polar surface area (TPSA) is 35.2 Å². The minimum Gasteiger partial charge on any atom is -0.488 e. The summed E-state index contributed by atoms with van der Waals surface area (Å²) < 4.78 is 19.3. The number of anilines is 1. The lowest BCUT2D eigenvalue weighted by Crippen LogP contribution is -2.01. The molecule has 0 heterocycles. The zero-order valence-electron chi connectivity index (χ0n) is 10.8. The third kappa shape index (κ3) is 2.99. The van der Waals surface area contributed by atoms with Gasteiger partial charge in [-0.05, 0) is 31.0 Å². The van der Waals surface area contributed by atoms with Crippen molar-refractivity contribution in [2.45, 2.75) is 20.5 Å². The summed E-state index contributed by atoms with van der Waals surface area (Å²) in [7, 11) is 0. The van der Waals surface area contributed by atoms with E-state index in [1.165, 1.54) is 6.07 Å². The van der Waals surface area contributed by atoms with Crippen LogP contribution in [-0.2, 0) is 6.61 Å². The molecule has 2 N–H and O–H groups in total. The molecule has 0 saturated carbocycles. The van der Waals surface area contributed by atoms with Gasteiger partial charge in [-0.25, -0.2) is 4.39 Å². The molecule has 2 rings (SSSR count). The first kappa shape index (κ1) is 13.7. The van der Waals surface area contributed by atoms with Crippen molar-refractivity contribution < 1.29 is 9.13 Å². The van der Waals surface area contributed by atoms with Crippen molar-refractivity contribution in [3.8, 4) is 5.75 Å². The predicted molar refractivity (Wildman–Crippen MR) is 76.1 cm³/mol. The number of aryl methyl sites for hydroxylation is 2. The van der Waals surface area contributed by atoms with E-state index in [0.29, 0.717) is 17.0 Å². The average Bonchev–Trinajstić information content (AvgIpc) is 2.37. The van der Waals surface area contributed by atoms with Gasteiger partial charge in [-0.2, -0.15) is 0 Å². The van der Waals surface area contributed by atoms with Gasteiger partial charge < -0.3 is 10.5 Å². The second kappa shape index (κ2) is 5.49. The van der Waals surface area contributed by atoms with Gasteiger partial charge in [0, 0.05) is 17.3 Å². The van der Waals surface area contributed by atoms with E-state index < -0.39 is 5.82 Å². The Morgan fingerprint density at radius 1 is 1.21 bits per heavy atom. The van der Waals surface area contributed by atoms with Gasteiger partial charge in [-0.15, -0.1) is 0 Å². The van der Waals surface area contributed by atoms with Gasteiger partial charge in [0.05, 0.1) is 5.02 Å². The second-order valence-corrected chi connectivity index (χ2v) is 4.88. The maximum atomic E-state index is 13.7. The van der Waals surface area contributed by atoms with Crippen LogP contribution < -0.4 is 10.5 Å². The molecule has 0 saturated heterocycles. The zero-order valence-corrected chi connectivity index (χ0v) is 11.6. The van der Waals surface area contributed by atoms with Crippen molar-refractivity contribution in [3.63, 3.8) is 0 Å². The van der Waals surface area contributed by atoms with E-state index in [4.69, 9.17) is 22.1 Å². The molecule has 0 fully saturated rings. The number of rotatable bonds is 3. The van der Waals surface area contributed by atoms with Gasteiger partial charge in [0.2, 0.25) is 0 Å². The quantitative estimate of drug-likeness (QED) is 0.852. The molecule has 0 amide bonds. The normalized spacial score (nSPS) is 10.5. The standard InChI is InChI=1S/C15H15ClFNO/c1-9-6-10(2)14(7-13(9)18)19-8-11-4-3-5-12(16)15(11)17/h3-7H,8,18H2,1-2H3. The SMILES string of the molecule is Cc1cc(C)c(OCc2cccc(Cl)c2F)cc1N. The molecule has 0 radical (unpaired) electrons. The van der Waals surface area contributed by atoms with Crippen LogP contribution in [0.4, 0.5) is 10.1 Å². The van der Waals surface area contributed by atoms with Crippen LogP contribution in [0.3, 0.4) is 0 Å². The molecule has 19 heavy (non-hydrogen) atoms. The molecule has 0 aliphatic rings. The molecular weight excluding hydrogens is 265 g/mol. The molecule has 4 heteroatoms. The predicted octanol–water partition coefficient (Wildman–Crippen LogP) is 4.26. The largest absolute Gasteiger partial charge is 0.488 e. The van der Waals surface area contributed by atoms with Crippen LogP contribution in [0.25, 0.3) is 0 Å². The van der Waals surface area contributed by atoms with Crippen molar-refractivity contribution in [1.29, 1.82) is 0 Å². The zero-order chi connectivity index (χ0) is 14.0. The Hall–Kier alpha value is -1.74. The molecule has 2 aromatic carbocycles. The molecule has 100 valence electrons. The summed E-state index contributed by atoms with van der Waals surface area (Å²) in [6, 6.07) is 8.55. The lowest BCUT2D eigenvalue weighted by atomic mass is 10.1. The monoisotopic (exact) mass is 279 g/mol. The minimum atomic E-state index is -0.443. The van der Waals surface area contributed by atoms with Crippen molar-refractivity contribution in [2.75, 3.05) is 5.73 Å². The van der Waals surface area contributed by atoms with Crippen LogP contribution >= 0.6 is 11.6 Å². The van der Waals surface area contributed by atoms with E-state index in [1.807, 2.05) is 19.9 Å². The maximum absolute atomic E-state index is 13.7. The Morgan fingerprint density at radius 2 is 1.95 bits per heavy atom. The van der Waals surface area contributed by atoms with Crippen molar-refractivity contribution >= 4 is 17.3 Å². The van der Waals surface area contributed by atoms with Crippen molar-refractivity contribution in [2.24, 2.45) is 0 Å². The third-order valence-electron chi connectivity index (χ3n) is 2.98. The fourth-order valence-electron chi connectivity index (χ4n) is 1.82. The molecule has 0 aromatic heterocycles. The Balaban J connectivity index is 2.19. The minimum absolute atomic E-state index is 0.0984. The lowest BCUT2D eigenvalue weighted by Gasteiger charge is -2.12. The van der Waals surface area contributed by atoms with E-state index in [0.717, 1.165) is 11.1 Å². The first-order chi connectivity index (χ1) is 8.99. The van der Waals surface area contributed by atoms with E-state index in [-0.39, 0.29) is 11.6 Å². The Labute approximate surface area is 117 Å². The number of halogens is 2. The molecule has 0 atom stereocenters. The van der Waals surface area contributed by atoms with Crippen LogP contribution in [0.2, 0.25) is 5.02 Å². The van der Waals surface area contributed by atoms with Crippen molar-refractivity contribution in [3.05, 3.63) is 57.9 Å². The molecule has 0 bridgehead atoms. The summed E-state index contributed by atoms with van der Waals surface area (Å²) in [6.45, 7) is 3.98. The van der Waals surface area contributed by atoms with Crippen LogP contribution in [0, 0.1) is 19.7 Å². The number of hydrogen-bond donors (Lipinski definition) is 1. The number of hydrogen-bond acceptors (Lipinski definition) is 2. The van der Waals surface area contributed by atoms with Crippen LogP contribution in [-0.4, -0.2) is 0 Å². The molecule has 2 aromatic rings. The van der Waals surface area contributed by atoms with Crippen LogP contribution in [0.5, 0.6) is 5.75 Å². The molecule has 2 nitrogen and oxygen atoms in total. The summed E-state index contributed by atoms with van der Waals surface area (Å²) >= 11 is 5.72. The summed E-state index contributed by atoms with van der Waals surface area (Å²) in [5, 5.41) is 0.0984. The Bertz CT molecular complexity index is 613. The number of ether oxygens (including phenoxy) is 1. The second-order valence-electron chi connectivity index (χ2n) is 4.48. The highest BCUT2D eigenvalue weighted by Gasteiger charge is 2.08. The fraction of sp³-hybridized carbons (Fsp3) is 0.200. The highest BCUT2D eigenvalue weighted by Crippen LogP contribution is 2.26. The number of benzene rings is 2. The number of nitrogen functional groups attached to an aromatic ring is 1. The Morgan fingerprint density at radius 3 is 2.68 bits per heavy atom. The van der Waals surface area contributed by atoms with Crippen LogP contribution in [0.1, 0.15) is 16.7 Å². The fourth-order valence-corrected chi connectivity index (χ4v) is 2.01. The van der Waals surface area contributed by atoms with E-state index in [9.17, 15) is 4.39 Å². The smallest absolute Gasteiger partial charge is 0.148 e. The van der Waals surface area contributed by atoms with Gasteiger partial charge in [0.15, 0.2) is 0 Å². The molecular formula is C15H15ClFNO. The molecule has 0 spiro atoms. The lowest BCUT2D eigenvalue weighted by molar-refractivity contribution is 0.298. The van der Waals surface area contributed by atoms with Gasteiger partial charge in [-0.1, -0.05) is 29.8 Å². The van der Waals surface area contributed by atoms with E-state index >= 15 is 0 Å². The molecule has 0 unspecified atom stereocenters. The summed E-state index contributed by atoms with van der Waals surface area (Å²) in [5.41, 5.74) is 8.88. The van der Waals surface area contributed by atoms with Crippen LogP contribution in [0.15, 0.2) is 30.3 Å². The summed E-state index contributed by atoms with van der Waals surface area (Å²) in [4.78, 5) is 0. The third-order valence-corrected chi connectivity index (χ3v) is 3.27. The maximum Gasteiger partial charge on any atom is 0.148 e. The van der Waals surface area contributed by atoms with Gasteiger partial charge in [-0.3, -0.25) is 0 Å². The average molecular weight is 280 g/mol. The highest BCUT2D eigenvalue weighted by molar-refractivity contribution is 6.30. The summed E-state index contributed by atoms with van der Waals surface area (Å²) in [6.07, 6.45) is 0. The highest BCUT2D eigenvalue weighted by atomic mass is 35.5. The van der Waals surface area contributed by atoms with E-state index in [1.54, 1.807) is 18.2 Å². The molecule has 0 aliphatic carbocycles. The van der Waals surface area contributed by atoms with Gasteiger partial charge in [0.1, 0.15) is 18.2 Å². The Kier molecular flexibility index (Phi) is 3.96. The van der Waals surface area contributed by atoms with Crippen molar-refractivity contribution in [1.82, 2.24) is 0 Å². The first-order valence-electron chi connectivity index (χ1n) is 5.91. The van der Waals surface area contributed by atoms with Gasteiger partial charge in [0.25, 0.3) is 0 Å². The first-order valence-corrected chi connectivity index (χ1v) is 6.29. The van der Waals surface area contributed by atoms with E-state index in [2.05, 4.69) is 0 Å².